The van der Waals surface area contributed by atoms with Crippen molar-refractivity contribution in [2.75, 3.05) is 6.61 Å². The molecule has 0 saturated heterocycles. The van der Waals surface area contributed by atoms with E-state index in [2.05, 4.69) is 26.8 Å². The SMILES string of the molecule is C[C@H](CCCOc1ccc(C(F)(F)F)cc1)[C@H]1CCC2C3CC=C4C[C@@H](O)CC[C@]4(C)C3CC[C@@]21C. The van der Waals surface area contributed by atoms with E-state index in [0.29, 0.717) is 29.1 Å². The number of rotatable bonds is 6. The lowest BCUT2D eigenvalue weighted by Gasteiger charge is -2.58. The number of allylic oxidation sites excluding steroid dienone is 1. The molecule has 200 valence electrons. The van der Waals surface area contributed by atoms with Crippen molar-refractivity contribution in [3.05, 3.63) is 41.5 Å². The minimum Gasteiger partial charge on any atom is -0.494 e. The molecule has 0 aromatic heterocycles. The molecule has 0 spiro atoms. The number of aliphatic hydroxyl groups excluding tert-OH is 1. The van der Waals surface area contributed by atoms with Gasteiger partial charge < -0.3 is 9.84 Å². The topological polar surface area (TPSA) is 29.5 Å². The zero-order chi connectivity index (χ0) is 25.7. The first-order chi connectivity index (χ1) is 17.0. The van der Waals surface area contributed by atoms with E-state index in [1.165, 1.54) is 44.2 Å². The van der Waals surface area contributed by atoms with Crippen molar-refractivity contribution in [1.29, 1.82) is 0 Å². The van der Waals surface area contributed by atoms with Crippen LogP contribution >= 0.6 is 0 Å². The van der Waals surface area contributed by atoms with Crippen LogP contribution in [-0.4, -0.2) is 17.8 Å². The molecular formula is C31H43F3O2. The van der Waals surface area contributed by atoms with Crippen molar-refractivity contribution in [1.82, 2.24) is 0 Å². The van der Waals surface area contributed by atoms with E-state index in [9.17, 15) is 18.3 Å². The second-order valence-corrected chi connectivity index (χ2v) is 12.9. The number of halogens is 3. The first-order valence-electron chi connectivity index (χ1n) is 14.2. The maximum atomic E-state index is 12.8. The standard InChI is InChI=1S/C31H43F3O2/c1-20(5-4-18-36-24-9-6-21(7-10-24)31(32,33)34)26-12-13-27-25-11-8-22-19-23(35)14-16-29(22,2)28(25)15-17-30(26,27)3/h6-10,20,23,25-28,35H,4-5,11-19H2,1-3H3/t20-,23+,25?,26-,27?,28?,29+,30-/m1/s1. The van der Waals surface area contributed by atoms with Gasteiger partial charge >= 0.3 is 6.18 Å². The lowest BCUT2D eigenvalue weighted by Crippen LogP contribution is -2.50. The minimum atomic E-state index is -4.31. The molecule has 3 unspecified atom stereocenters. The zero-order valence-electron chi connectivity index (χ0n) is 22.1. The highest BCUT2D eigenvalue weighted by Crippen LogP contribution is 2.67. The number of alkyl halides is 3. The number of benzene rings is 1. The third-order valence-electron chi connectivity index (χ3n) is 11.1. The molecule has 4 aliphatic rings. The Bertz CT molecular complexity index is 954. The number of fused-ring (bicyclic) bond motifs is 5. The molecule has 0 radical (unpaired) electrons. The summed E-state index contributed by atoms with van der Waals surface area (Å²) in [5.74, 6) is 4.23. The molecule has 5 heteroatoms. The van der Waals surface area contributed by atoms with Gasteiger partial charge in [0.1, 0.15) is 5.75 Å². The highest BCUT2D eigenvalue weighted by Gasteiger charge is 2.59. The molecule has 0 aliphatic heterocycles. The molecule has 36 heavy (non-hydrogen) atoms. The van der Waals surface area contributed by atoms with Crippen molar-refractivity contribution in [2.24, 2.45) is 40.4 Å². The Balaban J connectivity index is 1.16. The van der Waals surface area contributed by atoms with Crippen LogP contribution in [0.15, 0.2) is 35.9 Å². The number of hydrogen-bond acceptors (Lipinski definition) is 2. The molecule has 3 saturated carbocycles. The molecule has 5 rings (SSSR count). The van der Waals surface area contributed by atoms with Gasteiger partial charge in [0.2, 0.25) is 0 Å². The largest absolute Gasteiger partial charge is 0.494 e. The van der Waals surface area contributed by atoms with Gasteiger partial charge in [-0.15, -0.1) is 0 Å². The first kappa shape index (κ1) is 26.1. The molecule has 3 fully saturated rings. The van der Waals surface area contributed by atoms with Crippen LogP contribution in [0.4, 0.5) is 13.2 Å². The van der Waals surface area contributed by atoms with Crippen LogP contribution in [0.25, 0.3) is 0 Å². The van der Waals surface area contributed by atoms with Gasteiger partial charge in [-0.25, -0.2) is 0 Å². The van der Waals surface area contributed by atoms with Gasteiger partial charge in [-0.1, -0.05) is 32.4 Å². The summed E-state index contributed by atoms with van der Waals surface area (Å²) in [6.07, 6.45) is 9.57. The van der Waals surface area contributed by atoms with E-state index in [-0.39, 0.29) is 6.10 Å². The summed E-state index contributed by atoms with van der Waals surface area (Å²) in [5.41, 5.74) is 1.61. The Kier molecular flexibility index (Phi) is 7.02. The third kappa shape index (κ3) is 4.63. The molecule has 0 bridgehead atoms. The van der Waals surface area contributed by atoms with Crippen molar-refractivity contribution in [3.63, 3.8) is 0 Å². The molecule has 4 aliphatic carbocycles. The fourth-order valence-corrected chi connectivity index (χ4v) is 9.15. The van der Waals surface area contributed by atoms with Gasteiger partial charge in [0.05, 0.1) is 18.3 Å². The normalized spacial score (nSPS) is 39.0. The van der Waals surface area contributed by atoms with E-state index < -0.39 is 11.7 Å². The smallest absolute Gasteiger partial charge is 0.416 e. The monoisotopic (exact) mass is 504 g/mol. The molecule has 1 N–H and O–H groups in total. The fraction of sp³-hybridized carbons (Fsp3) is 0.742. The maximum absolute atomic E-state index is 12.8. The minimum absolute atomic E-state index is 0.144. The molecule has 2 nitrogen and oxygen atoms in total. The summed E-state index contributed by atoms with van der Waals surface area (Å²) in [5, 5.41) is 10.2. The number of ether oxygens (including phenoxy) is 1. The van der Waals surface area contributed by atoms with Gasteiger partial charge in [0, 0.05) is 0 Å². The van der Waals surface area contributed by atoms with Crippen LogP contribution in [0.2, 0.25) is 0 Å². The Morgan fingerprint density at radius 3 is 2.50 bits per heavy atom. The lowest BCUT2D eigenvalue weighted by molar-refractivity contribution is -0.137. The molecule has 1 aromatic rings. The summed E-state index contributed by atoms with van der Waals surface area (Å²) in [6, 6.07) is 5.02. The zero-order valence-corrected chi connectivity index (χ0v) is 22.1. The number of hydrogen-bond donors (Lipinski definition) is 1. The Morgan fingerprint density at radius 2 is 1.78 bits per heavy atom. The van der Waals surface area contributed by atoms with Crippen LogP contribution in [0, 0.1) is 40.4 Å². The predicted molar refractivity (Wildman–Crippen MR) is 137 cm³/mol. The van der Waals surface area contributed by atoms with E-state index in [1.54, 1.807) is 5.57 Å². The lowest BCUT2D eigenvalue weighted by atomic mass is 9.47. The Hall–Kier alpha value is -1.49. The summed E-state index contributed by atoms with van der Waals surface area (Å²) >= 11 is 0. The molecule has 0 heterocycles. The quantitative estimate of drug-likeness (QED) is 0.311. The van der Waals surface area contributed by atoms with Crippen LogP contribution < -0.4 is 4.74 Å². The third-order valence-corrected chi connectivity index (χ3v) is 11.1. The van der Waals surface area contributed by atoms with Crippen LogP contribution in [0.5, 0.6) is 5.75 Å². The van der Waals surface area contributed by atoms with Crippen LogP contribution in [0.3, 0.4) is 0 Å². The Labute approximate surface area is 214 Å². The van der Waals surface area contributed by atoms with E-state index in [0.717, 1.165) is 67.9 Å². The van der Waals surface area contributed by atoms with Crippen molar-refractivity contribution >= 4 is 0 Å². The molecule has 1 aromatic carbocycles. The average molecular weight is 505 g/mol. The van der Waals surface area contributed by atoms with Gasteiger partial charge in [-0.2, -0.15) is 13.2 Å². The molecule has 0 amide bonds. The summed E-state index contributed by atoms with van der Waals surface area (Å²) < 4.78 is 44.0. The molecular weight excluding hydrogens is 461 g/mol. The van der Waals surface area contributed by atoms with Crippen molar-refractivity contribution in [3.8, 4) is 5.75 Å². The van der Waals surface area contributed by atoms with E-state index in [1.807, 2.05) is 0 Å². The summed E-state index contributed by atoms with van der Waals surface area (Å²) in [6.45, 7) is 8.03. The van der Waals surface area contributed by atoms with Gasteiger partial charge in [-0.3, -0.25) is 0 Å². The summed E-state index contributed by atoms with van der Waals surface area (Å²) in [7, 11) is 0. The highest BCUT2D eigenvalue weighted by atomic mass is 19.4. The van der Waals surface area contributed by atoms with E-state index in [4.69, 9.17) is 4.74 Å². The van der Waals surface area contributed by atoms with Gasteiger partial charge in [0.25, 0.3) is 0 Å². The number of aliphatic hydroxyl groups is 1. The van der Waals surface area contributed by atoms with Crippen LogP contribution in [0.1, 0.15) is 90.5 Å². The van der Waals surface area contributed by atoms with E-state index >= 15 is 0 Å². The molecule has 8 atom stereocenters. The van der Waals surface area contributed by atoms with Gasteiger partial charge in [0.15, 0.2) is 0 Å². The summed E-state index contributed by atoms with van der Waals surface area (Å²) in [4.78, 5) is 0. The van der Waals surface area contributed by atoms with Crippen LogP contribution in [-0.2, 0) is 6.18 Å². The Morgan fingerprint density at radius 1 is 1.03 bits per heavy atom. The first-order valence-corrected chi connectivity index (χ1v) is 14.2. The predicted octanol–water partition coefficient (Wildman–Crippen LogP) is 8.44. The van der Waals surface area contributed by atoms with Crippen molar-refractivity contribution < 1.29 is 23.0 Å². The maximum Gasteiger partial charge on any atom is 0.416 e. The fourth-order valence-electron chi connectivity index (χ4n) is 9.15. The highest BCUT2D eigenvalue weighted by molar-refractivity contribution is 5.29. The van der Waals surface area contributed by atoms with Gasteiger partial charge in [-0.05, 0) is 129 Å². The second-order valence-electron chi connectivity index (χ2n) is 12.9. The van der Waals surface area contributed by atoms with Crippen molar-refractivity contribution in [2.45, 2.75) is 97.3 Å². The second kappa shape index (κ2) is 9.67. The average Bonchev–Trinajstić information content (AvgIpc) is 3.19.